The Hall–Kier alpha value is -1.75. The van der Waals surface area contributed by atoms with E-state index in [-0.39, 0.29) is 18.0 Å². The Kier molecular flexibility index (Phi) is 8.48. The summed E-state index contributed by atoms with van der Waals surface area (Å²) < 4.78 is 10.7. The molecule has 0 saturated heterocycles. The van der Waals surface area contributed by atoms with Gasteiger partial charge in [0.25, 0.3) is 0 Å². The molecule has 0 spiro atoms. The van der Waals surface area contributed by atoms with Gasteiger partial charge in [-0.2, -0.15) is 0 Å². The molecule has 0 aromatic heterocycles. The van der Waals surface area contributed by atoms with Crippen molar-refractivity contribution < 1.29 is 14.3 Å². The molecule has 2 atom stereocenters. The van der Waals surface area contributed by atoms with Gasteiger partial charge in [-0.15, -0.1) is 0 Å². The lowest BCUT2D eigenvalue weighted by molar-refractivity contribution is -0.122. The quantitative estimate of drug-likeness (QED) is 0.650. The minimum Gasteiger partial charge on any atom is -0.497 e. The summed E-state index contributed by atoms with van der Waals surface area (Å²) in [5.74, 6) is 1.57. The lowest BCUT2D eigenvalue weighted by atomic mass is 10.1. The Balaban J connectivity index is 2.63. The standard InChI is InChI=1S/C18H30N2O3/c1-6-7-8-11-19-18(21)14(3)20-13(2)16-12-15(22-4)9-10-17(16)23-5/h9-10,12-14,20H,6-8,11H2,1-5H3,(H,19,21). The first kappa shape index (κ1) is 19.3. The highest BCUT2D eigenvalue weighted by Crippen LogP contribution is 2.29. The molecule has 0 radical (unpaired) electrons. The third kappa shape index (κ3) is 6.10. The molecular weight excluding hydrogens is 292 g/mol. The molecule has 2 N–H and O–H groups in total. The van der Waals surface area contributed by atoms with Gasteiger partial charge in [-0.3, -0.25) is 10.1 Å². The maximum Gasteiger partial charge on any atom is 0.236 e. The first-order valence-electron chi connectivity index (χ1n) is 8.29. The third-order valence-corrected chi connectivity index (χ3v) is 3.88. The molecule has 0 aliphatic rings. The minimum absolute atomic E-state index is 0.0230. The summed E-state index contributed by atoms with van der Waals surface area (Å²) in [7, 11) is 3.28. The second-order valence-corrected chi connectivity index (χ2v) is 5.72. The predicted octanol–water partition coefficient (Wildman–Crippen LogP) is 3.05. The fourth-order valence-corrected chi connectivity index (χ4v) is 2.46. The monoisotopic (exact) mass is 322 g/mol. The lowest BCUT2D eigenvalue weighted by Crippen LogP contribution is -2.43. The predicted molar refractivity (Wildman–Crippen MR) is 93.1 cm³/mol. The van der Waals surface area contributed by atoms with E-state index in [2.05, 4.69) is 17.6 Å². The Morgan fingerprint density at radius 1 is 1.17 bits per heavy atom. The first-order chi connectivity index (χ1) is 11.0. The molecule has 0 bridgehead atoms. The number of ether oxygens (including phenoxy) is 2. The molecule has 2 unspecified atom stereocenters. The molecule has 0 heterocycles. The van der Waals surface area contributed by atoms with Crippen LogP contribution in [0.25, 0.3) is 0 Å². The van der Waals surface area contributed by atoms with Crippen LogP contribution >= 0.6 is 0 Å². The average molecular weight is 322 g/mol. The van der Waals surface area contributed by atoms with Crippen LogP contribution in [0, 0.1) is 0 Å². The zero-order chi connectivity index (χ0) is 17.2. The molecule has 23 heavy (non-hydrogen) atoms. The zero-order valence-electron chi connectivity index (χ0n) is 14.9. The van der Waals surface area contributed by atoms with Crippen LogP contribution in [0.3, 0.4) is 0 Å². The van der Waals surface area contributed by atoms with E-state index < -0.39 is 0 Å². The maximum atomic E-state index is 12.1. The number of benzene rings is 1. The number of amides is 1. The topological polar surface area (TPSA) is 59.6 Å². The van der Waals surface area contributed by atoms with E-state index in [1.807, 2.05) is 32.0 Å². The van der Waals surface area contributed by atoms with Gasteiger partial charge >= 0.3 is 0 Å². The van der Waals surface area contributed by atoms with Crippen LogP contribution in [-0.2, 0) is 4.79 Å². The van der Waals surface area contributed by atoms with Crippen molar-refractivity contribution in [3.8, 4) is 11.5 Å². The SMILES string of the molecule is CCCCCNC(=O)C(C)NC(C)c1cc(OC)ccc1OC. The van der Waals surface area contributed by atoms with E-state index in [0.29, 0.717) is 0 Å². The van der Waals surface area contributed by atoms with E-state index in [1.54, 1.807) is 14.2 Å². The van der Waals surface area contributed by atoms with E-state index in [1.165, 1.54) is 0 Å². The number of carbonyl (C=O) groups excluding carboxylic acids is 1. The Morgan fingerprint density at radius 2 is 1.91 bits per heavy atom. The van der Waals surface area contributed by atoms with Crippen LogP contribution in [0.1, 0.15) is 51.6 Å². The number of carbonyl (C=O) groups is 1. The number of nitrogens with one attached hydrogen (secondary N) is 2. The Labute approximate surface area is 139 Å². The van der Waals surface area contributed by atoms with Crippen molar-refractivity contribution in [2.45, 2.75) is 52.1 Å². The maximum absolute atomic E-state index is 12.1. The van der Waals surface area contributed by atoms with Crippen molar-refractivity contribution in [1.29, 1.82) is 0 Å². The van der Waals surface area contributed by atoms with Gasteiger partial charge in [0.1, 0.15) is 11.5 Å². The highest BCUT2D eigenvalue weighted by atomic mass is 16.5. The van der Waals surface area contributed by atoms with Crippen molar-refractivity contribution >= 4 is 5.91 Å². The minimum atomic E-state index is -0.275. The Bertz CT molecular complexity index is 491. The molecule has 0 saturated carbocycles. The number of hydrogen-bond acceptors (Lipinski definition) is 4. The van der Waals surface area contributed by atoms with Gasteiger partial charge in [-0.25, -0.2) is 0 Å². The van der Waals surface area contributed by atoms with Gasteiger partial charge in [-0.05, 0) is 38.5 Å². The van der Waals surface area contributed by atoms with Crippen molar-refractivity contribution in [3.05, 3.63) is 23.8 Å². The molecule has 1 aromatic carbocycles. The van der Waals surface area contributed by atoms with Gasteiger partial charge in [0, 0.05) is 18.2 Å². The molecule has 1 rings (SSSR count). The fraction of sp³-hybridized carbons (Fsp3) is 0.611. The molecule has 0 aliphatic heterocycles. The van der Waals surface area contributed by atoms with E-state index in [0.717, 1.165) is 42.9 Å². The van der Waals surface area contributed by atoms with Crippen molar-refractivity contribution in [2.75, 3.05) is 20.8 Å². The average Bonchev–Trinajstić information content (AvgIpc) is 2.57. The van der Waals surface area contributed by atoms with Crippen LogP contribution in [-0.4, -0.2) is 32.7 Å². The molecule has 130 valence electrons. The molecular formula is C18H30N2O3. The van der Waals surface area contributed by atoms with Crippen LogP contribution in [0.2, 0.25) is 0 Å². The van der Waals surface area contributed by atoms with Gasteiger partial charge in [-0.1, -0.05) is 19.8 Å². The molecule has 0 fully saturated rings. The Morgan fingerprint density at radius 3 is 2.52 bits per heavy atom. The van der Waals surface area contributed by atoms with Crippen LogP contribution in [0.15, 0.2) is 18.2 Å². The molecule has 1 aromatic rings. The summed E-state index contributed by atoms with van der Waals surface area (Å²) in [5.41, 5.74) is 0.970. The molecule has 5 heteroatoms. The second-order valence-electron chi connectivity index (χ2n) is 5.72. The van der Waals surface area contributed by atoms with Crippen molar-refractivity contribution in [1.82, 2.24) is 10.6 Å². The van der Waals surface area contributed by atoms with E-state index in [9.17, 15) is 4.79 Å². The van der Waals surface area contributed by atoms with Crippen molar-refractivity contribution in [2.24, 2.45) is 0 Å². The summed E-state index contributed by atoms with van der Waals surface area (Å²) in [5, 5.41) is 6.28. The largest absolute Gasteiger partial charge is 0.497 e. The lowest BCUT2D eigenvalue weighted by Gasteiger charge is -2.22. The molecule has 1 amide bonds. The fourth-order valence-electron chi connectivity index (χ4n) is 2.46. The number of unbranched alkanes of at least 4 members (excludes halogenated alkanes) is 2. The number of rotatable bonds is 10. The summed E-state index contributed by atoms with van der Waals surface area (Å²) in [6, 6.07) is 5.36. The third-order valence-electron chi connectivity index (χ3n) is 3.88. The second kappa shape index (κ2) is 10.1. The van der Waals surface area contributed by atoms with E-state index >= 15 is 0 Å². The smallest absolute Gasteiger partial charge is 0.236 e. The molecule has 5 nitrogen and oxygen atoms in total. The van der Waals surface area contributed by atoms with Crippen LogP contribution in [0.5, 0.6) is 11.5 Å². The normalized spacial score (nSPS) is 13.3. The number of hydrogen-bond donors (Lipinski definition) is 2. The van der Waals surface area contributed by atoms with Crippen molar-refractivity contribution in [3.63, 3.8) is 0 Å². The zero-order valence-corrected chi connectivity index (χ0v) is 14.9. The van der Waals surface area contributed by atoms with Crippen LogP contribution < -0.4 is 20.1 Å². The summed E-state index contributed by atoms with van der Waals surface area (Å²) in [6.45, 7) is 6.77. The van der Waals surface area contributed by atoms with E-state index in [4.69, 9.17) is 9.47 Å². The number of methoxy groups -OCH3 is 2. The van der Waals surface area contributed by atoms with Gasteiger partial charge in [0.2, 0.25) is 5.91 Å². The summed E-state index contributed by atoms with van der Waals surface area (Å²) >= 11 is 0. The molecule has 0 aliphatic carbocycles. The van der Waals surface area contributed by atoms with Gasteiger partial charge in [0.05, 0.1) is 20.3 Å². The van der Waals surface area contributed by atoms with Gasteiger partial charge < -0.3 is 14.8 Å². The van der Waals surface area contributed by atoms with Gasteiger partial charge in [0.15, 0.2) is 0 Å². The summed E-state index contributed by atoms with van der Waals surface area (Å²) in [4.78, 5) is 12.1. The summed E-state index contributed by atoms with van der Waals surface area (Å²) in [6.07, 6.45) is 3.31. The highest BCUT2D eigenvalue weighted by Gasteiger charge is 2.18. The highest BCUT2D eigenvalue weighted by molar-refractivity contribution is 5.81. The first-order valence-corrected chi connectivity index (χ1v) is 8.29. The van der Waals surface area contributed by atoms with Crippen LogP contribution in [0.4, 0.5) is 0 Å².